The van der Waals surface area contributed by atoms with Crippen LogP contribution in [0.4, 0.5) is 11.5 Å². The Labute approximate surface area is 149 Å². The lowest BCUT2D eigenvalue weighted by Gasteiger charge is -2.18. The van der Waals surface area contributed by atoms with Gasteiger partial charge in [-0.05, 0) is 38.0 Å². The number of unbranched alkanes of at least 4 members (excludes halogenated alkanes) is 1. The molecule has 1 aromatic carbocycles. The monoisotopic (exact) mass is 342 g/mol. The zero-order valence-corrected chi connectivity index (χ0v) is 15.6. The molecule has 2 rings (SSSR count). The number of hydrogen-bond donors (Lipinski definition) is 1. The van der Waals surface area contributed by atoms with Gasteiger partial charge in [0.05, 0.1) is 12.8 Å². The fourth-order valence-corrected chi connectivity index (χ4v) is 2.48. The average molecular weight is 342 g/mol. The van der Waals surface area contributed by atoms with Crippen LogP contribution in [0.25, 0.3) is 0 Å². The molecule has 134 valence electrons. The van der Waals surface area contributed by atoms with E-state index in [1.807, 2.05) is 37.1 Å². The van der Waals surface area contributed by atoms with E-state index in [0.717, 1.165) is 30.8 Å². The Morgan fingerprint density at radius 3 is 2.68 bits per heavy atom. The van der Waals surface area contributed by atoms with Crippen LogP contribution in [0.3, 0.4) is 0 Å². The van der Waals surface area contributed by atoms with Gasteiger partial charge in [-0.1, -0.05) is 19.4 Å². The maximum Gasteiger partial charge on any atom is 0.274 e. The molecule has 6 nitrogen and oxygen atoms in total. The number of aryl methyl sites for hydroxylation is 2. The first kappa shape index (κ1) is 18.7. The van der Waals surface area contributed by atoms with E-state index in [-0.39, 0.29) is 5.91 Å². The molecule has 0 saturated carbocycles. The summed E-state index contributed by atoms with van der Waals surface area (Å²) in [6, 6.07) is 7.36. The van der Waals surface area contributed by atoms with E-state index in [1.54, 1.807) is 20.1 Å². The van der Waals surface area contributed by atoms with Gasteiger partial charge in [-0.2, -0.15) is 0 Å². The standard InChI is InChI=1S/C19H26N4O2/c1-6-7-10-23(4)18-12-16(20-14(3)21-18)19(24)22-15-11-13(2)8-9-17(15)25-5/h8-9,11-12H,6-7,10H2,1-5H3,(H,22,24). The van der Waals surface area contributed by atoms with Crippen molar-refractivity contribution in [2.45, 2.75) is 33.6 Å². The summed E-state index contributed by atoms with van der Waals surface area (Å²) in [6.45, 7) is 6.79. The van der Waals surface area contributed by atoms with E-state index < -0.39 is 0 Å². The molecule has 1 N–H and O–H groups in total. The van der Waals surface area contributed by atoms with Gasteiger partial charge in [-0.25, -0.2) is 9.97 Å². The van der Waals surface area contributed by atoms with Crippen LogP contribution in [0.1, 0.15) is 41.6 Å². The van der Waals surface area contributed by atoms with E-state index >= 15 is 0 Å². The van der Waals surface area contributed by atoms with Crippen molar-refractivity contribution >= 4 is 17.4 Å². The number of benzene rings is 1. The molecule has 0 radical (unpaired) electrons. The lowest BCUT2D eigenvalue weighted by molar-refractivity contribution is 0.102. The van der Waals surface area contributed by atoms with Crippen molar-refractivity contribution in [3.05, 3.63) is 41.3 Å². The van der Waals surface area contributed by atoms with Gasteiger partial charge in [0, 0.05) is 19.7 Å². The van der Waals surface area contributed by atoms with Crippen molar-refractivity contribution in [1.29, 1.82) is 0 Å². The molecule has 0 aliphatic rings. The highest BCUT2D eigenvalue weighted by Gasteiger charge is 2.15. The Morgan fingerprint density at radius 2 is 2.00 bits per heavy atom. The smallest absolute Gasteiger partial charge is 0.274 e. The number of methoxy groups -OCH3 is 1. The van der Waals surface area contributed by atoms with Crippen molar-refractivity contribution in [2.24, 2.45) is 0 Å². The molecule has 0 spiro atoms. The molecule has 0 fully saturated rings. The van der Waals surface area contributed by atoms with Gasteiger partial charge in [0.2, 0.25) is 0 Å². The van der Waals surface area contributed by atoms with Crippen molar-refractivity contribution in [3.63, 3.8) is 0 Å². The molecule has 1 amide bonds. The average Bonchev–Trinajstić information content (AvgIpc) is 2.59. The third-order valence-corrected chi connectivity index (χ3v) is 3.90. The van der Waals surface area contributed by atoms with E-state index in [4.69, 9.17) is 4.74 Å². The fraction of sp³-hybridized carbons (Fsp3) is 0.421. The lowest BCUT2D eigenvalue weighted by Crippen LogP contribution is -2.22. The lowest BCUT2D eigenvalue weighted by atomic mass is 10.2. The summed E-state index contributed by atoms with van der Waals surface area (Å²) in [7, 11) is 3.55. The molecule has 0 atom stereocenters. The number of nitrogens with zero attached hydrogens (tertiary/aromatic N) is 3. The summed E-state index contributed by atoms with van der Waals surface area (Å²) in [6.07, 6.45) is 2.18. The van der Waals surface area contributed by atoms with Crippen LogP contribution in [-0.4, -0.2) is 36.6 Å². The summed E-state index contributed by atoms with van der Waals surface area (Å²) >= 11 is 0. The number of aromatic nitrogens is 2. The molecule has 0 aliphatic carbocycles. The van der Waals surface area contributed by atoms with Crippen LogP contribution >= 0.6 is 0 Å². The van der Waals surface area contributed by atoms with E-state index in [0.29, 0.717) is 23.0 Å². The molecule has 6 heteroatoms. The van der Waals surface area contributed by atoms with Crippen LogP contribution in [0.5, 0.6) is 5.75 Å². The summed E-state index contributed by atoms with van der Waals surface area (Å²) in [4.78, 5) is 23.4. The highest BCUT2D eigenvalue weighted by Crippen LogP contribution is 2.25. The number of anilines is 2. The van der Waals surface area contributed by atoms with Crippen LogP contribution < -0.4 is 15.0 Å². The molecule has 1 heterocycles. The zero-order valence-electron chi connectivity index (χ0n) is 15.6. The second-order valence-electron chi connectivity index (χ2n) is 6.09. The summed E-state index contributed by atoms with van der Waals surface area (Å²) in [5.41, 5.74) is 2.01. The first-order valence-corrected chi connectivity index (χ1v) is 8.47. The van der Waals surface area contributed by atoms with Crippen LogP contribution in [0, 0.1) is 13.8 Å². The third kappa shape index (κ3) is 4.92. The number of carbonyl (C=O) groups is 1. The molecule has 0 bridgehead atoms. The number of carbonyl (C=O) groups excluding carboxylic acids is 1. The van der Waals surface area contributed by atoms with E-state index in [9.17, 15) is 4.79 Å². The minimum Gasteiger partial charge on any atom is -0.495 e. The van der Waals surface area contributed by atoms with Crippen molar-refractivity contribution in [1.82, 2.24) is 9.97 Å². The highest BCUT2D eigenvalue weighted by molar-refractivity contribution is 6.04. The summed E-state index contributed by atoms with van der Waals surface area (Å²) < 4.78 is 5.31. The maximum atomic E-state index is 12.7. The fourth-order valence-electron chi connectivity index (χ4n) is 2.48. The van der Waals surface area contributed by atoms with Gasteiger partial charge in [-0.3, -0.25) is 4.79 Å². The van der Waals surface area contributed by atoms with Gasteiger partial charge < -0.3 is 15.0 Å². The first-order valence-electron chi connectivity index (χ1n) is 8.47. The molecule has 0 unspecified atom stereocenters. The number of nitrogens with one attached hydrogen (secondary N) is 1. The van der Waals surface area contributed by atoms with Gasteiger partial charge in [0.25, 0.3) is 5.91 Å². The molecule has 0 saturated heterocycles. The Bertz CT molecular complexity index is 746. The number of amides is 1. The van der Waals surface area contributed by atoms with E-state index in [1.165, 1.54) is 0 Å². The maximum absolute atomic E-state index is 12.7. The minimum atomic E-state index is -0.278. The van der Waals surface area contributed by atoms with Crippen LogP contribution in [-0.2, 0) is 0 Å². The van der Waals surface area contributed by atoms with Gasteiger partial charge in [0.1, 0.15) is 23.1 Å². The quantitative estimate of drug-likeness (QED) is 0.833. The predicted molar refractivity (Wildman–Crippen MR) is 101 cm³/mol. The number of hydrogen-bond acceptors (Lipinski definition) is 5. The first-order chi connectivity index (χ1) is 11.9. The van der Waals surface area contributed by atoms with Crippen molar-refractivity contribution in [3.8, 4) is 5.75 Å². The molecule has 0 aliphatic heterocycles. The third-order valence-electron chi connectivity index (χ3n) is 3.90. The number of rotatable bonds is 7. The Hall–Kier alpha value is -2.63. The zero-order chi connectivity index (χ0) is 18.4. The van der Waals surface area contributed by atoms with Crippen LogP contribution in [0.15, 0.2) is 24.3 Å². The second-order valence-corrected chi connectivity index (χ2v) is 6.09. The minimum absolute atomic E-state index is 0.278. The predicted octanol–water partition coefficient (Wildman–Crippen LogP) is 3.59. The molecule has 1 aromatic heterocycles. The Kier molecular flexibility index (Phi) is 6.33. The SMILES string of the molecule is CCCCN(C)c1cc(C(=O)Nc2cc(C)ccc2OC)nc(C)n1. The van der Waals surface area contributed by atoms with Crippen LogP contribution in [0.2, 0.25) is 0 Å². The Morgan fingerprint density at radius 1 is 1.24 bits per heavy atom. The summed E-state index contributed by atoms with van der Waals surface area (Å²) in [5, 5.41) is 2.88. The molecular weight excluding hydrogens is 316 g/mol. The second kappa shape index (κ2) is 8.46. The normalized spacial score (nSPS) is 10.4. The van der Waals surface area contributed by atoms with Gasteiger partial charge in [-0.15, -0.1) is 0 Å². The topological polar surface area (TPSA) is 67.4 Å². The highest BCUT2D eigenvalue weighted by atomic mass is 16.5. The largest absolute Gasteiger partial charge is 0.495 e. The molecular formula is C19H26N4O2. The van der Waals surface area contributed by atoms with Gasteiger partial charge in [0.15, 0.2) is 0 Å². The van der Waals surface area contributed by atoms with Crippen molar-refractivity contribution in [2.75, 3.05) is 30.9 Å². The number of ether oxygens (including phenoxy) is 1. The summed E-state index contributed by atoms with van der Waals surface area (Å²) in [5.74, 6) is 1.66. The van der Waals surface area contributed by atoms with Crippen molar-refractivity contribution < 1.29 is 9.53 Å². The molecule has 25 heavy (non-hydrogen) atoms. The Balaban J connectivity index is 2.25. The molecule has 2 aromatic rings. The van der Waals surface area contributed by atoms with E-state index in [2.05, 4.69) is 22.2 Å². The van der Waals surface area contributed by atoms with Gasteiger partial charge >= 0.3 is 0 Å².